The summed E-state index contributed by atoms with van der Waals surface area (Å²) in [7, 11) is 0. The van der Waals surface area contributed by atoms with Crippen molar-refractivity contribution in [1.29, 1.82) is 0 Å². The number of pyridine rings is 1. The molecule has 0 radical (unpaired) electrons. The van der Waals surface area contributed by atoms with Crippen LogP contribution in [-0.2, 0) is 4.79 Å². The van der Waals surface area contributed by atoms with Gasteiger partial charge in [-0.05, 0) is 43.3 Å². The molecule has 2 aromatic carbocycles. The highest BCUT2D eigenvalue weighted by molar-refractivity contribution is 6.00. The van der Waals surface area contributed by atoms with Crippen molar-refractivity contribution in [2.24, 2.45) is 0 Å². The van der Waals surface area contributed by atoms with E-state index < -0.39 is 5.91 Å². The molecule has 0 aliphatic rings. The van der Waals surface area contributed by atoms with Gasteiger partial charge in [0.1, 0.15) is 5.69 Å². The maximum Gasteiger partial charge on any atom is 0.273 e. The molecule has 2 aromatic heterocycles. The average Bonchev–Trinajstić information content (AvgIpc) is 3.29. The van der Waals surface area contributed by atoms with E-state index in [4.69, 9.17) is 0 Å². The van der Waals surface area contributed by atoms with Crippen molar-refractivity contribution in [1.82, 2.24) is 25.6 Å². The second-order valence-corrected chi connectivity index (χ2v) is 7.14. The van der Waals surface area contributed by atoms with E-state index in [0.29, 0.717) is 16.8 Å². The van der Waals surface area contributed by atoms with Gasteiger partial charge in [-0.2, -0.15) is 5.10 Å². The van der Waals surface area contributed by atoms with Gasteiger partial charge >= 0.3 is 0 Å². The number of hydrogen-bond donors (Lipinski definition) is 3. The molecule has 8 heteroatoms. The predicted octanol–water partition coefficient (Wildman–Crippen LogP) is 3.12. The molecule has 2 amide bonds. The molecule has 0 bridgehead atoms. The van der Waals surface area contributed by atoms with Crippen molar-refractivity contribution in [3.05, 3.63) is 96.4 Å². The molecule has 8 nitrogen and oxygen atoms in total. The fourth-order valence-electron chi connectivity index (χ4n) is 3.06. The zero-order chi connectivity index (χ0) is 22.3. The molecule has 3 N–H and O–H groups in total. The highest BCUT2D eigenvalue weighted by Gasteiger charge is 2.19. The van der Waals surface area contributed by atoms with Gasteiger partial charge in [-0.15, -0.1) is 0 Å². The summed E-state index contributed by atoms with van der Waals surface area (Å²) in [6.45, 7) is 2.01. The number of benzene rings is 2. The SMILES string of the molecule is Cc1ccc(NCC(=O)NNC(=O)c2cn(-c3ccccc3)nc2-c2cccnc2)cc1. The van der Waals surface area contributed by atoms with Gasteiger partial charge < -0.3 is 5.32 Å². The first kappa shape index (κ1) is 20.8. The van der Waals surface area contributed by atoms with Crippen molar-refractivity contribution in [3.63, 3.8) is 0 Å². The summed E-state index contributed by atoms with van der Waals surface area (Å²) in [6, 6.07) is 20.7. The number of carbonyl (C=O) groups excluding carboxylic acids is 2. The number of nitrogens with zero attached hydrogens (tertiary/aromatic N) is 3. The van der Waals surface area contributed by atoms with Crippen LogP contribution in [0, 0.1) is 6.92 Å². The second kappa shape index (κ2) is 9.57. The van der Waals surface area contributed by atoms with Crippen LogP contribution in [0.3, 0.4) is 0 Å². The maximum atomic E-state index is 12.9. The maximum absolute atomic E-state index is 12.9. The quantitative estimate of drug-likeness (QED) is 0.411. The van der Waals surface area contributed by atoms with E-state index >= 15 is 0 Å². The van der Waals surface area contributed by atoms with Crippen molar-refractivity contribution in [3.8, 4) is 16.9 Å². The minimum absolute atomic E-state index is 0.0160. The van der Waals surface area contributed by atoms with Crippen LogP contribution in [0.25, 0.3) is 16.9 Å². The minimum Gasteiger partial charge on any atom is -0.376 e. The summed E-state index contributed by atoms with van der Waals surface area (Å²) in [5.41, 5.74) is 9.14. The monoisotopic (exact) mass is 426 g/mol. The molecule has 0 fully saturated rings. The lowest BCUT2D eigenvalue weighted by atomic mass is 10.1. The molecule has 0 aliphatic heterocycles. The molecule has 0 unspecified atom stereocenters. The number of hydrazine groups is 1. The van der Waals surface area contributed by atoms with Crippen LogP contribution in [0.2, 0.25) is 0 Å². The van der Waals surface area contributed by atoms with Crippen LogP contribution in [0.1, 0.15) is 15.9 Å². The molecule has 0 saturated heterocycles. The molecular weight excluding hydrogens is 404 g/mol. The van der Waals surface area contributed by atoms with E-state index in [1.807, 2.05) is 67.6 Å². The minimum atomic E-state index is -0.477. The summed E-state index contributed by atoms with van der Waals surface area (Å²) in [5, 5.41) is 7.58. The van der Waals surface area contributed by atoms with Gasteiger partial charge in [-0.25, -0.2) is 4.68 Å². The molecule has 2 heterocycles. The Morgan fingerprint density at radius 3 is 2.44 bits per heavy atom. The lowest BCUT2D eigenvalue weighted by Gasteiger charge is -2.09. The third-order valence-corrected chi connectivity index (χ3v) is 4.73. The van der Waals surface area contributed by atoms with Gasteiger partial charge in [-0.3, -0.25) is 25.4 Å². The second-order valence-electron chi connectivity index (χ2n) is 7.14. The number of anilines is 1. The van der Waals surface area contributed by atoms with Gasteiger partial charge in [0.05, 0.1) is 17.8 Å². The number of para-hydroxylation sites is 1. The Balaban J connectivity index is 1.46. The summed E-state index contributed by atoms with van der Waals surface area (Å²) in [6.07, 6.45) is 4.92. The smallest absolute Gasteiger partial charge is 0.273 e. The first-order valence-corrected chi connectivity index (χ1v) is 10.1. The highest BCUT2D eigenvalue weighted by Crippen LogP contribution is 2.23. The van der Waals surface area contributed by atoms with Gasteiger partial charge in [0.2, 0.25) is 0 Å². The van der Waals surface area contributed by atoms with Gasteiger partial charge in [0.25, 0.3) is 11.8 Å². The number of carbonyl (C=O) groups is 2. The topological polar surface area (TPSA) is 101 Å². The molecule has 0 saturated carbocycles. The molecule has 160 valence electrons. The standard InChI is InChI=1S/C24H22N6O2/c1-17-9-11-19(12-10-17)26-15-22(31)27-28-24(32)21-16-30(20-7-3-2-4-8-20)29-23(21)18-6-5-13-25-14-18/h2-14,16,26H,15H2,1H3,(H,27,31)(H,28,32). The Hall–Kier alpha value is -4.46. The van der Waals surface area contributed by atoms with Crippen molar-refractivity contribution in [2.45, 2.75) is 6.92 Å². The predicted molar refractivity (Wildman–Crippen MR) is 122 cm³/mol. The van der Waals surface area contributed by atoms with Crippen molar-refractivity contribution >= 4 is 17.5 Å². The summed E-state index contributed by atoms with van der Waals surface area (Å²) in [4.78, 5) is 29.2. The Morgan fingerprint density at radius 2 is 1.72 bits per heavy atom. The van der Waals surface area contributed by atoms with Crippen LogP contribution in [0.4, 0.5) is 5.69 Å². The van der Waals surface area contributed by atoms with Gasteiger partial charge in [0.15, 0.2) is 0 Å². The number of aryl methyl sites for hydroxylation is 1. The Labute approximate surface area is 185 Å². The first-order chi connectivity index (χ1) is 15.6. The van der Waals surface area contributed by atoms with E-state index in [0.717, 1.165) is 16.9 Å². The molecule has 4 rings (SSSR count). The van der Waals surface area contributed by atoms with Crippen LogP contribution < -0.4 is 16.2 Å². The first-order valence-electron chi connectivity index (χ1n) is 10.1. The Kier molecular flexibility index (Phi) is 6.22. The average molecular weight is 426 g/mol. The van der Waals surface area contributed by atoms with E-state index in [-0.39, 0.29) is 12.5 Å². The zero-order valence-corrected chi connectivity index (χ0v) is 17.4. The molecule has 0 atom stereocenters. The fourth-order valence-corrected chi connectivity index (χ4v) is 3.06. The lowest BCUT2D eigenvalue weighted by molar-refractivity contribution is -0.120. The highest BCUT2D eigenvalue weighted by atomic mass is 16.2. The van der Waals surface area contributed by atoms with Gasteiger partial charge in [-0.1, -0.05) is 35.9 Å². The normalized spacial score (nSPS) is 10.4. The lowest BCUT2D eigenvalue weighted by Crippen LogP contribution is -2.44. The number of rotatable bonds is 6. The largest absolute Gasteiger partial charge is 0.376 e. The van der Waals surface area contributed by atoms with Crippen LogP contribution in [-0.4, -0.2) is 33.1 Å². The van der Waals surface area contributed by atoms with Crippen LogP contribution in [0.15, 0.2) is 85.3 Å². The summed E-state index contributed by atoms with van der Waals surface area (Å²) >= 11 is 0. The van der Waals surface area contributed by atoms with Crippen molar-refractivity contribution < 1.29 is 9.59 Å². The van der Waals surface area contributed by atoms with Crippen molar-refractivity contribution in [2.75, 3.05) is 11.9 Å². The number of aromatic nitrogens is 3. The Bertz CT molecular complexity index is 1200. The van der Waals surface area contributed by atoms with Crippen LogP contribution in [0.5, 0.6) is 0 Å². The molecule has 32 heavy (non-hydrogen) atoms. The molecule has 0 aliphatic carbocycles. The van der Waals surface area contributed by atoms with Gasteiger partial charge in [0, 0.05) is 29.8 Å². The summed E-state index contributed by atoms with van der Waals surface area (Å²) < 4.78 is 1.62. The van der Waals surface area contributed by atoms with Crippen LogP contribution >= 0.6 is 0 Å². The number of hydrogen-bond acceptors (Lipinski definition) is 5. The van der Waals surface area contributed by atoms with E-state index in [1.165, 1.54) is 0 Å². The fraction of sp³-hybridized carbons (Fsp3) is 0.0833. The third-order valence-electron chi connectivity index (χ3n) is 4.73. The third kappa shape index (κ3) is 4.99. The van der Waals surface area contributed by atoms with E-state index in [1.54, 1.807) is 29.3 Å². The molecule has 0 spiro atoms. The van der Waals surface area contributed by atoms with E-state index in [2.05, 4.69) is 26.3 Å². The zero-order valence-electron chi connectivity index (χ0n) is 17.4. The Morgan fingerprint density at radius 1 is 0.938 bits per heavy atom. The molecular formula is C24H22N6O2. The van der Waals surface area contributed by atoms with E-state index in [9.17, 15) is 9.59 Å². The molecule has 4 aromatic rings. The summed E-state index contributed by atoms with van der Waals surface area (Å²) in [5.74, 6) is -0.855. The number of amides is 2. The number of nitrogens with one attached hydrogen (secondary N) is 3.